The summed E-state index contributed by atoms with van der Waals surface area (Å²) in [6, 6.07) is 2.12. The van der Waals surface area contributed by atoms with Crippen molar-refractivity contribution in [3.05, 3.63) is 22.4 Å². The number of hydrogen-bond acceptors (Lipinski definition) is 3. The highest BCUT2D eigenvalue weighted by Crippen LogP contribution is 2.17. The summed E-state index contributed by atoms with van der Waals surface area (Å²) in [5, 5.41) is 9.47. The van der Waals surface area contributed by atoms with Crippen LogP contribution >= 0.6 is 11.3 Å². The van der Waals surface area contributed by atoms with Crippen molar-refractivity contribution < 1.29 is 9.59 Å². The lowest BCUT2D eigenvalue weighted by molar-refractivity contribution is -0.121. The van der Waals surface area contributed by atoms with Crippen LogP contribution in [0.2, 0.25) is 0 Å². The Morgan fingerprint density at radius 1 is 1.26 bits per heavy atom. The van der Waals surface area contributed by atoms with Crippen LogP contribution in [0.4, 0.5) is 0 Å². The maximum Gasteiger partial charge on any atom is 0.252 e. The zero-order chi connectivity index (χ0) is 13.5. The van der Waals surface area contributed by atoms with Crippen molar-refractivity contribution in [2.45, 2.75) is 44.6 Å². The molecule has 1 fully saturated rings. The monoisotopic (exact) mass is 280 g/mol. The van der Waals surface area contributed by atoms with Gasteiger partial charge >= 0.3 is 0 Å². The van der Waals surface area contributed by atoms with Crippen molar-refractivity contribution in [1.29, 1.82) is 0 Å². The standard InChI is InChI=1S/C14H20N2O2S/c17-13(16-12-4-2-1-3-5-12)6-8-15-14(18)11-7-9-19-10-11/h7,9-10,12H,1-6,8H2,(H,15,18)(H,16,17). The fraction of sp³-hybridized carbons (Fsp3) is 0.571. The third-order valence-electron chi connectivity index (χ3n) is 3.39. The predicted molar refractivity (Wildman–Crippen MR) is 76.3 cm³/mol. The van der Waals surface area contributed by atoms with Crippen molar-refractivity contribution >= 4 is 23.2 Å². The molecule has 4 nitrogen and oxygen atoms in total. The van der Waals surface area contributed by atoms with Gasteiger partial charge in [-0.05, 0) is 24.3 Å². The maximum atomic E-state index is 11.7. The van der Waals surface area contributed by atoms with E-state index in [1.807, 2.05) is 5.38 Å². The molecule has 1 aliphatic carbocycles. The summed E-state index contributed by atoms with van der Waals surface area (Å²) in [5.41, 5.74) is 0.665. The van der Waals surface area contributed by atoms with Crippen molar-refractivity contribution in [3.63, 3.8) is 0 Å². The van der Waals surface area contributed by atoms with Crippen molar-refractivity contribution in [1.82, 2.24) is 10.6 Å². The van der Waals surface area contributed by atoms with Crippen LogP contribution in [0.5, 0.6) is 0 Å². The predicted octanol–water partition coefficient (Wildman–Crippen LogP) is 2.32. The molecule has 0 bridgehead atoms. The lowest BCUT2D eigenvalue weighted by atomic mass is 9.95. The zero-order valence-corrected chi connectivity index (χ0v) is 11.8. The van der Waals surface area contributed by atoms with E-state index in [1.165, 1.54) is 30.6 Å². The van der Waals surface area contributed by atoms with Crippen molar-refractivity contribution in [3.8, 4) is 0 Å². The minimum Gasteiger partial charge on any atom is -0.353 e. The molecule has 1 heterocycles. The number of rotatable bonds is 5. The highest BCUT2D eigenvalue weighted by molar-refractivity contribution is 7.08. The molecule has 5 heteroatoms. The second-order valence-electron chi connectivity index (χ2n) is 4.92. The first-order valence-electron chi connectivity index (χ1n) is 6.85. The Bertz CT molecular complexity index is 411. The summed E-state index contributed by atoms with van der Waals surface area (Å²) < 4.78 is 0. The van der Waals surface area contributed by atoms with Gasteiger partial charge in [-0.3, -0.25) is 9.59 Å². The van der Waals surface area contributed by atoms with Crippen LogP contribution in [-0.4, -0.2) is 24.4 Å². The van der Waals surface area contributed by atoms with Crippen LogP contribution in [0.25, 0.3) is 0 Å². The first kappa shape index (κ1) is 14.1. The van der Waals surface area contributed by atoms with Gasteiger partial charge in [0.25, 0.3) is 5.91 Å². The molecule has 0 unspecified atom stereocenters. The second-order valence-corrected chi connectivity index (χ2v) is 5.70. The number of carbonyl (C=O) groups is 2. The van der Waals surface area contributed by atoms with E-state index < -0.39 is 0 Å². The lowest BCUT2D eigenvalue weighted by Gasteiger charge is -2.22. The molecule has 0 atom stereocenters. The highest BCUT2D eigenvalue weighted by Gasteiger charge is 2.15. The average Bonchev–Trinajstić information content (AvgIpc) is 2.93. The average molecular weight is 280 g/mol. The Labute approximate surface area is 117 Å². The molecule has 104 valence electrons. The molecule has 0 aliphatic heterocycles. The molecule has 0 radical (unpaired) electrons. The molecular weight excluding hydrogens is 260 g/mol. The number of nitrogens with one attached hydrogen (secondary N) is 2. The number of hydrogen-bond donors (Lipinski definition) is 2. The largest absolute Gasteiger partial charge is 0.353 e. The first-order chi connectivity index (χ1) is 9.25. The molecule has 0 spiro atoms. The Kier molecular flexibility index (Phi) is 5.39. The van der Waals surface area contributed by atoms with E-state index >= 15 is 0 Å². The van der Waals surface area contributed by atoms with Crippen LogP contribution < -0.4 is 10.6 Å². The van der Waals surface area contributed by atoms with Gasteiger partial charge in [0.15, 0.2) is 0 Å². The van der Waals surface area contributed by atoms with Crippen LogP contribution in [0.1, 0.15) is 48.9 Å². The molecular formula is C14H20N2O2S. The summed E-state index contributed by atoms with van der Waals surface area (Å²) in [5.74, 6) is -0.0655. The van der Waals surface area contributed by atoms with E-state index in [4.69, 9.17) is 0 Å². The van der Waals surface area contributed by atoms with Gasteiger partial charge in [-0.2, -0.15) is 11.3 Å². The van der Waals surface area contributed by atoms with E-state index in [1.54, 1.807) is 11.4 Å². The van der Waals surface area contributed by atoms with E-state index in [2.05, 4.69) is 10.6 Å². The minimum absolute atomic E-state index is 0.0394. The summed E-state index contributed by atoms with van der Waals surface area (Å²) in [7, 11) is 0. The van der Waals surface area contributed by atoms with Gasteiger partial charge in [-0.25, -0.2) is 0 Å². The molecule has 0 aromatic carbocycles. The fourth-order valence-corrected chi connectivity index (χ4v) is 2.97. The van der Waals surface area contributed by atoms with E-state index in [0.29, 0.717) is 24.6 Å². The number of carbonyl (C=O) groups excluding carboxylic acids is 2. The molecule has 0 saturated heterocycles. The number of thiophene rings is 1. The van der Waals surface area contributed by atoms with Gasteiger partial charge in [-0.15, -0.1) is 0 Å². The van der Waals surface area contributed by atoms with Crippen LogP contribution in [0.3, 0.4) is 0 Å². The molecule has 1 saturated carbocycles. The van der Waals surface area contributed by atoms with Crippen LogP contribution in [0.15, 0.2) is 16.8 Å². The third kappa shape index (κ3) is 4.67. The topological polar surface area (TPSA) is 58.2 Å². The number of amides is 2. The Hall–Kier alpha value is -1.36. The van der Waals surface area contributed by atoms with Gasteiger partial charge < -0.3 is 10.6 Å². The van der Waals surface area contributed by atoms with E-state index in [9.17, 15) is 9.59 Å². The Morgan fingerprint density at radius 2 is 2.05 bits per heavy atom. The highest BCUT2D eigenvalue weighted by atomic mass is 32.1. The minimum atomic E-state index is -0.105. The molecule has 19 heavy (non-hydrogen) atoms. The van der Waals surface area contributed by atoms with Gasteiger partial charge in [-0.1, -0.05) is 19.3 Å². The van der Waals surface area contributed by atoms with Gasteiger partial charge in [0.1, 0.15) is 0 Å². The quantitative estimate of drug-likeness (QED) is 0.869. The van der Waals surface area contributed by atoms with Gasteiger partial charge in [0.05, 0.1) is 0 Å². The molecule has 2 N–H and O–H groups in total. The van der Waals surface area contributed by atoms with E-state index in [0.717, 1.165) is 12.8 Å². The Morgan fingerprint density at radius 3 is 2.74 bits per heavy atom. The third-order valence-corrected chi connectivity index (χ3v) is 4.07. The SMILES string of the molecule is O=C(CCNC(=O)c1ccsc1)NC1CCCCC1. The van der Waals surface area contributed by atoms with Crippen LogP contribution in [-0.2, 0) is 4.79 Å². The Balaban J connectivity index is 1.62. The second kappa shape index (κ2) is 7.28. The molecule has 1 aromatic rings. The van der Waals surface area contributed by atoms with Crippen molar-refractivity contribution in [2.75, 3.05) is 6.54 Å². The van der Waals surface area contributed by atoms with Crippen molar-refractivity contribution in [2.24, 2.45) is 0 Å². The summed E-state index contributed by atoms with van der Waals surface area (Å²) in [6.07, 6.45) is 6.23. The summed E-state index contributed by atoms with van der Waals surface area (Å²) in [6.45, 7) is 0.396. The van der Waals surface area contributed by atoms with Crippen LogP contribution in [0, 0.1) is 0 Å². The van der Waals surface area contributed by atoms with Gasteiger partial charge in [0, 0.05) is 30.0 Å². The first-order valence-corrected chi connectivity index (χ1v) is 7.80. The molecule has 1 aromatic heterocycles. The molecule has 2 rings (SSSR count). The fourth-order valence-electron chi connectivity index (χ4n) is 2.33. The van der Waals surface area contributed by atoms with E-state index in [-0.39, 0.29) is 11.8 Å². The zero-order valence-electron chi connectivity index (χ0n) is 11.0. The summed E-state index contributed by atoms with van der Waals surface area (Å²) in [4.78, 5) is 23.4. The smallest absolute Gasteiger partial charge is 0.252 e. The lowest BCUT2D eigenvalue weighted by Crippen LogP contribution is -2.38. The molecule has 1 aliphatic rings. The van der Waals surface area contributed by atoms with Gasteiger partial charge in [0.2, 0.25) is 5.91 Å². The molecule has 2 amide bonds. The maximum absolute atomic E-state index is 11.7. The normalized spacial score (nSPS) is 16.0. The summed E-state index contributed by atoms with van der Waals surface area (Å²) >= 11 is 1.49.